The van der Waals surface area contributed by atoms with Gasteiger partial charge in [0.15, 0.2) is 5.82 Å². The third-order valence-corrected chi connectivity index (χ3v) is 3.78. The van der Waals surface area contributed by atoms with Gasteiger partial charge >= 0.3 is 0 Å². The van der Waals surface area contributed by atoms with Crippen LogP contribution in [0.5, 0.6) is 5.88 Å². The fourth-order valence-electron chi connectivity index (χ4n) is 2.47. The summed E-state index contributed by atoms with van der Waals surface area (Å²) in [6, 6.07) is 3.64. The van der Waals surface area contributed by atoms with Crippen molar-refractivity contribution in [3.05, 3.63) is 29.7 Å². The van der Waals surface area contributed by atoms with Crippen molar-refractivity contribution in [3.63, 3.8) is 0 Å². The normalized spacial score (nSPS) is 17.3. The molecule has 0 unspecified atom stereocenters. The number of amides is 1. The fraction of sp³-hybridized carbons (Fsp3) is 0.467. The van der Waals surface area contributed by atoms with Crippen molar-refractivity contribution < 1.29 is 14.1 Å². The van der Waals surface area contributed by atoms with E-state index in [-0.39, 0.29) is 12.0 Å². The number of nitrogens with zero attached hydrogens (tertiary/aromatic N) is 5. The zero-order chi connectivity index (χ0) is 16.4. The van der Waals surface area contributed by atoms with E-state index in [9.17, 15) is 4.79 Å². The number of aryl methyl sites for hydroxylation is 1. The lowest BCUT2D eigenvalue weighted by Gasteiger charge is -2.16. The standard InChI is InChI=1S/C15H19N5O3/c1-10-12(8-16-23-10)15(21)20-7-6-11(9-20)22-14-5-4-13(17-18-14)19(2)3/h4-5,8,11H,6-7,9H2,1-3H3/t11-/m0/s1. The molecule has 23 heavy (non-hydrogen) atoms. The van der Waals surface area contributed by atoms with Gasteiger partial charge in [-0.05, 0) is 13.0 Å². The van der Waals surface area contributed by atoms with Gasteiger partial charge in [0.05, 0.1) is 12.7 Å². The van der Waals surface area contributed by atoms with Crippen LogP contribution in [0.15, 0.2) is 22.9 Å². The van der Waals surface area contributed by atoms with Crippen LogP contribution >= 0.6 is 0 Å². The van der Waals surface area contributed by atoms with Crippen molar-refractivity contribution in [2.75, 3.05) is 32.1 Å². The molecule has 1 atom stereocenters. The monoisotopic (exact) mass is 317 g/mol. The number of likely N-dealkylation sites (tertiary alicyclic amines) is 1. The first-order chi connectivity index (χ1) is 11.0. The van der Waals surface area contributed by atoms with E-state index in [1.165, 1.54) is 6.20 Å². The first-order valence-corrected chi connectivity index (χ1v) is 7.43. The van der Waals surface area contributed by atoms with Gasteiger partial charge in [0.2, 0.25) is 5.88 Å². The van der Waals surface area contributed by atoms with Crippen LogP contribution in [0.25, 0.3) is 0 Å². The number of carbonyl (C=O) groups is 1. The summed E-state index contributed by atoms with van der Waals surface area (Å²) in [7, 11) is 3.80. The van der Waals surface area contributed by atoms with Crippen molar-refractivity contribution in [1.82, 2.24) is 20.3 Å². The van der Waals surface area contributed by atoms with Crippen LogP contribution in [0.3, 0.4) is 0 Å². The van der Waals surface area contributed by atoms with Crippen LogP contribution in [0.2, 0.25) is 0 Å². The van der Waals surface area contributed by atoms with E-state index in [2.05, 4.69) is 15.4 Å². The van der Waals surface area contributed by atoms with E-state index in [0.29, 0.717) is 30.3 Å². The van der Waals surface area contributed by atoms with E-state index in [0.717, 1.165) is 12.2 Å². The smallest absolute Gasteiger partial charge is 0.259 e. The zero-order valence-corrected chi connectivity index (χ0v) is 13.4. The second-order valence-corrected chi connectivity index (χ2v) is 5.70. The minimum Gasteiger partial charge on any atom is -0.471 e. The van der Waals surface area contributed by atoms with E-state index in [4.69, 9.17) is 9.26 Å². The summed E-state index contributed by atoms with van der Waals surface area (Å²) in [6.45, 7) is 2.88. The number of rotatable bonds is 4. The highest BCUT2D eigenvalue weighted by Gasteiger charge is 2.30. The Kier molecular flexibility index (Phi) is 4.14. The molecule has 1 saturated heterocycles. The highest BCUT2D eigenvalue weighted by Crippen LogP contribution is 2.20. The zero-order valence-electron chi connectivity index (χ0n) is 13.4. The molecule has 8 heteroatoms. The first kappa shape index (κ1) is 15.3. The quantitative estimate of drug-likeness (QED) is 0.835. The predicted molar refractivity (Wildman–Crippen MR) is 82.5 cm³/mol. The molecule has 2 aromatic heterocycles. The summed E-state index contributed by atoms with van der Waals surface area (Å²) in [4.78, 5) is 16.0. The third-order valence-electron chi connectivity index (χ3n) is 3.78. The lowest BCUT2D eigenvalue weighted by Crippen LogP contribution is -2.31. The molecule has 122 valence electrons. The third kappa shape index (κ3) is 3.25. The van der Waals surface area contributed by atoms with Crippen molar-refractivity contribution in [1.29, 1.82) is 0 Å². The number of aromatic nitrogens is 3. The molecule has 0 bridgehead atoms. The number of anilines is 1. The number of hydrogen-bond acceptors (Lipinski definition) is 7. The Labute approximate surface area is 134 Å². The van der Waals surface area contributed by atoms with Crippen molar-refractivity contribution >= 4 is 11.7 Å². The van der Waals surface area contributed by atoms with Gasteiger partial charge in [-0.15, -0.1) is 10.2 Å². The average Bonchev–Trinajstić information content (AvgIpc) is 3.16. The van der Waals surface area contributed by atoms with Crippen molar-refractivity contribution in [2.24, 2.45) is 0 Å². The SMILES string of the molecule is Cc1oncc1C(=O)N1CC[C@H](Oc2ccc(N(C)C)nn2)C1. The summed E-state index contributed by atoms with van der Waals surface area (Å²) < 4.78 is 10.8. The molecule has 1 amide bonds. The van der Waals surface area contributed by atoms with Crippen LogP contribution in [-0.2, 0) is 0 Å². The first-order valence-electron chi connectivity index (χ1n) is 7.43. The van der Waals surface area contributed by atoms with Gasteiger partial charge in [0.25, 0.3) is 5.91 Å². The Morgan fingerprint density at radius 2 is 2.22 bits per heavy atom. The number of ether oxygens (including phenoxy) is 1. The molecular formula is C15H19N5O3. The highest BCUT2D eigenvalue weighted by molar-refractivity contribution is 5.94. The summed E-state index contributed by atoms with van der Waals surface area (Å²) in [5.74, 6) is 1.69. The molecular weight excluding hydrogens is 298 g/mol. The van der Waals surface area contributed by atoms with E-state index < -0.39 is 0 Å². The average molecular weight is 317 g/mol. The molecule has 1 fully saturated rings. The van der Waals surface area contributed by atoms with Crippen LogP contribution < -0.4 is 9.64 Å². The van der Waals surface area contributed by atoms with Gasteiger partial charge < -0.3 is 19.1 Å². The van der Waals surface area contributed by atoms with Crippen molar-refractivity contribution in [2.45, 2.75) is 19.4 Å². The molecule has 8 nitrogen and oxygen atoms in total. The summed E-state index contributed by atoms with van der Waals surface area (Å²) >= 11 is 0. The van der Waals surface area contributed by atoms with Crippen LogP contribution in [0, 0.1) is 6.92 Å². The predicted octanol–water partition coefficient (Wildman–Crippen LogP) is 1.13. The van der Waals surface area contributed by atoms with Crippen LogP contribution in [0.4, 0.5) is 5.82 Å². The minimum atomic E-state index is -0.0846. The Balaban J connectivity index is 1.59. The molecule has 1 aliphatic rings. The fourth-order valence-corrected chi connectivity index (χ4v) is 2.47. The van der Waals surface area contributed by atoms with Gasteiger partial charge in [0, 0.05) is 33.1 Å². The second-order valence-electron chi connectivity index (χ2n) is 5.70. The lowest BCUT2D eigenvalue weighted by molar-refractivity contribution is 0.0769. The van der Waals surface area contributed by atoms with Crippen LogP contribution in [0.1, 0.15) is 22.5 Å². The van der Waals surface area contributed by atoms with E-state index >= 15 is 0 Å². The van der Waals surface area contributed by atoms with Gasteiger partial charge in [0.1, 0.15) is 17.4 Å². The molecule has 0 radical (unpaired) electrons. The molecule has 1 aliphatic heterocycles. The maximum Gasteiger partial charge on any atom is 0.259 e. The van der Waals surface area contributed by atoms with Gasteiger partial charge in [-0.2, -0.15) is 0 Å². The Morgan fingerprint density at radius 1 is 1.39 bits per heavy atom. The van der Waals surface area contributed by atoms with Crippen LogP contribution in [-0.4, -0.2) is 59.4 Å². The molecule has 0 aliphatic carbocycles. The Hall–Kier alpha value is -2.64. The van der Waals surface area contributed by atoms with E-state index in [1.807, 2.05) is 25.1 Å². The Bertz CT molecular complexity index is 683. The van der Waals surface area contributed by atoms with Gasteiger partial charge in [-0.1, -0.05) is 5.16 Å². The molecule has 0 saturated carbocycles. The maximum atomic E-state index is 12.4. The van der Waals surface area contributed by atoms with Gasteiger partial charge in [-0.3, -0.25) is 4.79 Å². The Morgan fingerprint density at radius 3 is 2.83 bits per heavy atom. The largest absolute Gasteiger partial charge is 0.471 e. The minimum absolute atomic E-state index is 0.0797. The lowest BCUT2D eigenvalue weighted by atomic mass is 10.2. The second kappa shape index (κ2) is 6.23. The van der Waals surface area contributed by atoms with Gasteiger partial charge in [-0.25, -0.2) is 0 Å². The maximum absolute atomic E-state index is 12.4. The summed E-state index contributed by atoms with van der Waals surface area (Å²) in [6.07, 6.45) is 2.13. The molecule has 0 spiro atoms. The molecule has 3 rings (SSSR count). The number of hydrogen-bond donors (Lipinski definition) is 0. The molecule has 3 heterocycles. The summed E-state index contributed by atoms with van der Waals surface area (Å²) in [5.41, 5.74) is 0.501. The van der Waals surface area contributed by atoms with E-state index in [1.54, 1.807) is 17.9 Å². The highest BCUT2D eigenvalue weighted by atomic mass is 16.5. The molecule has 0 N–H and O–H groups in total. The summed E-state index contributed by atoms with van der Waals surface area (Å²) in [5, 5.41) is 11.8. The topological polar surface area (TPSA) is 84.6 Å². The number of carbonyl (C=O) groups excluding carboxylic acids is 1. The van der Waals surface area contributed by atoms with Crippen molar-refractivity contribution in [3.8, 4) is 5.88 Å². The molecule has 2 aromatic rings. The molecule has 0 aromatic carbocycles.